The zero-order chi connectivity index (χ0) is 31.5. The van der Waals surface area contributed by atoms with E-state index in [9.17, 15) is 31.2 Å². The van der Waals surface area contributed by atoms with Crippen molar-refractivity contribution in [1.29, 1.82) is 0 Å². The van der Waals surface area contributed by atoms with E-state index in [4.69, 9.17) is 16.3 Å². The molecule has 44 heavy (non-hydrogen) atoms. The molecule has 0 amide bonds. The van der Waals surface area contributed by atoms with E-state index in [2.05, 4.69) is 20.3 Å². The highest BCUT2D eigenvalue weighted by Gasteiger charge is 2.45. The standard InChI is InChI=1S/C30H30ClF3N4O5S/c31-22-10-8-21(9-11-22)29(14-15-29)38-27-35-26(36-28(37-27)43-18-30(32,33)34)16-19-4-6-20(7-5-19)25(40)3-1-2-23(39)17-44(41,42)24-12-13-24/h4-11,24H,1-3,12-18H2,(H,35,36,37,38). The summed E-state index contributed by atoms with van der Waals surface area (Å²) in [4.78, 5) is 37.3. The highest BCUT2D eigenvalue weighted by Crippen LogP contribution is 2.48. The molecule has 2 aliphatic carbocycles. The van der Waals surface area contributed by atoms with E-state index in [0.717, 1.165) is 18.4 Å². The molecule has 0 aliphatic heterocycles. The van der Waals surface area contributed by atoms with Gasteiger partial charge in [-0.05, 0) is 55.4 Å². The van der Waals surface area contributed by atoms with Crippen molar-refractivity contribution in [3.63, 3.8) is 0 Å². The minimum atomic E-state index is -4.58. The fourth-order valence-corrected chi connectivity index (χ4v) is 6.57. The minimum Gasteiger partial charge on any atom is -0.454 e. The van der Waals surface area contributed by atoms with Crippen LogP contribution in [0.5, 0.6) is 6.01 Å². The van der Waals surface area contributed by atoms with E-state index in [0.29, 0.717) is 29.0 Å². The van der Waals surface area contributed by atoms with Crippen LogP contribution in [0.25, 0.3) is 0 Å². The van der Waals surface area contributed by atoms with E-state index >= 15 is 0 Å². The first-order valence-electron chi connectivity index (χ1n) is 14.1. The fourth-order valence-electron chi connectivity index (χ4n) is 4.76. The molecule has 1 N–H and O–H groups in total. The van der Waals surface area contributed by atoms with Gasteiger partial charge in [-0.3, -0.25) is 9.59 Å². The van der Waals surface area contributed by atoms with Crippen molar-refractivity contribution in [2.45, 2.75) is 68.3 Å². The number of alkyl halides is 3. The van der Waals surface area contributed by atoms with Gasteiger partial charge in [0.2, 0.25) is 5.95 Å². The maximum Gasteiger partial charge on any atom is 0.422 e. The van der Waals surface area contributed by atoms with Gasteiger partial charge in [-0.25, -0.2) is 8.42 Å². The van der Waals surface area contributed by atoms with E-state index in [1.807, 2.05) is 12.1 Å². The topological polar surface area (TPSA) is 128 Å². The average molecular weight is 651 g/mol. The molecule has 9 nitrogen and oxygen atoms in total. The molecule has 3 aromatic rings. The van der Waals surface area contributed by atoms with Crippen LogP contribution >= 0.6 is 11.6 Å². The molecular formula is C30H30ClF3N4O5S. The predicted molar refractivity (Wildman–Crippen MR) is 157 cm³/mol. The van der Waals surface area contributed by atoms with E-state index in [1.54, 1.807) is 36.4 Å². The zero-order valence-electron chi connectivity index (χ0n) is 23.6. The minimum absolute atomic E-state index is 0.0174. The molecule has 0 bridgehead atoms. The third-order valence-corrected chi connectivity index (χ3v) is 9.88. The number of hydrogen-bond acceptors (Lipinski definition) is 9. The summed E-state index contributed by atoms with van der Waals surface area (Å²) in [5.74, 6) is -0.803. The predicted octanol–water partition coefficient (Wildman–Crippen LogP) is 5.66. The third kappa shape index (κ3) is 8.75. The Labute approximate surface area is 257 Å². The molecule has 0 atom stereocenters. The van der Waals surface area contributed by atoms with Crippen LogP contribution in [0.2, 0.25) is 5.02 Å². The Morgan fingerprint density at radius 2 is 1.66 bits per heavy atom. The van der Waals surface area contributed by atoms with Crippen LogP contribution in [0.3, 0.4) is 0 Å². The molecule has 14 heteroatoms. The summed E-state index contributed by atoms with van der Waals surface area (Å²) < 4.78 is 67.3. The maximum atomic E-state index is 12.8. The van der Waals surface area contributed by atoms with Gasteiger partial charge < -0.3 is 10.1 Å². The van der Waals surface area contributed by atoms with Crippen LogP contribution in [0, 0.1) is 0 Å². The number of carbonyl (C=O) groups is 2. The van der Waals surface area contributed by atoms with Crippen molar-refractivity contribution in [1.82, 2.24) is 15.0 Å². The van der Waals surface area contributed by atoms with Gasteiger partial charge in [0.1, 0.15) is 17.4 Å². The number of anilines is 1. The lowest BCUT2D eigenvalue weighted by molar-refractivity contribution is -0.154. The van der Waals surface area contributed by atoms with Crippen molar-refractivity contribution < 1.29 is 35.9 Å². The summed E-state index contributed by atoms with van der Waals surface area (Å²) >= 11 is 6.01. The van der Waals surface area contributed by atoms with E-state index in [1.165, 1.54) is 0 Å². The second kappa shape index (κ2) is 12.8. The number of nitrogens with zero attached hydrogens (tertiary/aromatic N) is 3. The van der Waals surface area contributed by atoms with E-state index in [-0.39, 0.29) is 49.0 Å². The number of carbonyl (C=O) groups excluding carboxylic acids is 2. The summed E-state index contributed by atoms with van der Waals surface area (Å²) in [7, 11) is -3.37. The van der Waals surface area contributed by atoms with Crippen LogP contribution in [-0.4, -0.2) is 58.7 Å². The number of halogens is 4. The molecule has 2 saturated carbocycles. The smallest absolute Gasteiger partial charge is 0.422 e. The van der Waals surface area contributed by atoms with E-state index < -0.39 is 45.2 Å². The monoisotopic (exact) mass is 650 g/mol. The van der Waals surface area contributed by atoms with Gasteiger partial charge >= 0.3 is 12.2 Å². The zero-order valence-corrected chi connectivity index (χ0v) is 25.1. The largest absolute Gasteiger partial charge is 0.454 e. The maximum absolute atomic E-state index is 12.8. The van der Waals surface area contributed by atoms with Crippen LogP contribution in [0.15, 0.2) is 48.5 Å². The van der Waals surface area contributed by atoms with Crippen LogP contribution in [0.1, 0.15) is 72.3 Å². The molecule has 0 unspecified atom stereocenters. The number of ether oxygens (including phenoxy) is 1. The van der Waals surface area contributed by atoms with Gasteiger partial charge in [0.25, 0.3) is 0 Å². The number of Topliss-reactive ketones (excluding diaryl/α,β-unsaturated/α-hetero) is 2. The average Bonchev–Trinajstić information content (AvgIpc) is 3.88. The number of rotatable bonds is 15. The Morgan fingerprint density at radius 1 is 0.977 bits per heavy atom. The summed E-state index contributed by atoms with van der Waals surface area (Å²) in [5.41, 5.74) is 1.56. The Hall–Kier alpha value is -3.58. The van der Waals surface area contributed by atoms with Gasteiger partial charge in [-0.2, -0.15) is 28.1 Å². The first kappa shape index (κ1) is 31.8. The molecule has 2 aromatic carbocycles. The fraction of sp³-hybridized carbons (Fsp3) is 0.433. The van der Waals surface area contributed by atoms with Crippen molar-refractivity contribution in [2.24, 2.45) is 0 Å². The Kier molecular flexibility index (Phi) is 9.26. The van der Waals surface area contributed by atoms with Crippen molar-refractivity contribution >= 4 is 39.0 Å². The highest BCUT2D eigenvalue weighted by atomic mass is 35.5. The number of hydrogen-bond donors (Lipinski definition) is 1. The van der Waals surface area contributed by atoms with Gasteiger partial charge in [0.15, 0.2) is 22.2 Å². The molecule has 1 aromatic heterocycles. The lowest BCUT2D eigenvalue weighted by Gasteiger charge is -2.19. The SMILES string of the molecule is O=C(CCCC(=O)c1ccc(Cc2nc(NC3(c4ccc(Cl)cc4)CC3)nc(OCC(F)(F)F)n2)cc1)CS(=O)(=O)C1CC1. The summed E-state index contributed by atoms with van der Waals surface area (Å²) in [6, 6.07) is 13.4. The molecule has 0 radical (unpaired) electrons. The number of aromatic nitrogens is 3. The number of nitrogens with one attached hydrogen (secondary N) is 1. The third-order valence-electron chi connectivity index (χ3n) is 7.42. The molecule has 1 heterocycles. The summed E-state index contributed by atoms with van der Waals surface area (Å²) in [6.45, 7) is -1.56. The number of sulfone groups is 1. The Balaban J connectivity index is 1.22. The molecule has 2 fully saturated rings. The molecule has 234 valence electrons. The highest BCUT2D eigenvalue weighted by molar-refractivity contribution is 7.93. The second-order valence-corrected chi connectivity index (χ2v) is 13.9. The van der Waals surface area contributed by atoms with Gasteiger partial charge in [0, 0.05) is 29.8 Å². The summed E-state index contributed by atoms with van der Waals surface area (Å²) in [5, 5.41) is 3.42. The van der Waals surface area contributed by atoms with Crippen LogP contribution in [0.4, 0.5) is 19.1 Å². The second-order valence-electron chi connectivity index (χ2n) is 11.2. The van der Waals surface area contributed by atoms with Gasteiger partial charge in [-0.1, -0.05) is 48.0 Å². The number of ketones is 2. The molecule has 0 saturated heterocycles. The normalized spacial score (nSPS) is 15.9. The van der Waals surface area contributed by atoms with Crippen molar-refractivity contribution in [2.75, 3.05) is 17.7 Å². The van der Waals surface area contributed by atoms with Crippen LogP contribution in [-0.2, 0) is 26.6 Å². The summed E-state index contributed by atoms with van der Waals surface area (Å²) in [6.07, 6.45) is -1.36. The quantitative estimate of drug-likeness (QED) is 0.207. The Bertz CT molecular complexity index is 1630. The van der Waals surface area contributed by atoms with Crippen molar-refractivity contribution in [3.8, 4) is 6.01 Å². The molecular weight excluding hydrogens is 621 g/mol. The van der Waals surface area contributed by atoms with Gasteiger partial charge in [-0.15, -0.1) is 0 Å². The van der Waals surface area contributed by atoms with Crippen molar-refractivity contribution in [3.05, 3.63) is 76.1 Å². The van der Waals surface area contributed by atoms with Crippen LogP contribution < -0.4 is 10.1 Å². The number of benzene rings is 2. The lowest BCUT2D eigenvalue weighted by Crippen LogP contribution is -2.23. The first-order valence-corrected chi connectivity index (χ1v) is 16.2. The van der Waals surface area contributed by atoms with Gasteiger partial charge in [0.05, 0.1) is 10.8 Å². The lowest BCUT2D eigenvalue weighted by atomic mass is 10.0. The Morgan fingerprint density at radius 3 is 2.27 bits per heavy atom. The first-order chi connectivity index (χ1) is 20.8. The molecule has 2 aliphatic rings. The molecule has 0 spiro atoms. The molecule has 5 rings (SSSR count).